The van der Waals surface area contributed by atoms with Gasteiger partial charge in [0.05, 0.1) is 5.02 Å². The second-order valence-electron chi connectivity index (χ2n) is 4.03. The SMILES string of the molecule is N#Cc1nc(NCc2ccc(C(F)F)cc2)ccc1Cl. The molecular formula is C14H10ClF2N3. The zero-order valence-electron chi connectivity index (χ0n) is 10.3. The molecule has 0 fully saturated rings. The minimum absolute atomic E-state index is 0.00913. The lowest BCUT2D eigenvalue weighted by Gasteiger charge is -2.07. The number of alkyl halides is 2. The summed E-state index contributed by atoms with van der Waals surface area (Å²) < 4.78 is 24.8. The van der Waals surface area contributed by atoms with E-state index in [1.54, 1.807) is 24.3 Å². The number of pyridine rings is 1. The zero-order valence-corrected chi connectivity index (χ0v) is 11.0. The maximum atomic E-state index is 12.4. The van der Waals surface area contributed by atoms with E-state index in [9.17, 15) is 8.78 Å². The highest BCUT2D eigenvalue weighted by Gasteiger charge is 2.06. The summed E-state index contributed by atoms with van der Waals surface area (Å²) >= 11 is 5.78. The van der Waals surface area contributed by atoms with Crippen LogP contribution in [0.25, 0.3) is 0 Å². The smallest absolute Gasteiger partial charge is 0.263 e. The monoisotopic (exact) mass is 293 g/mol. The number of nitrogens with one attached hydrogen (secondary N) is 1. The van der Waals surface area contributed by atoms with Crippen molar-refractivity contribution in [3.8, 4) is 6.07 Å². The van der Waals surface area contributed by atoms with Gasteiger partial charge in [-0.15, -0.1) is 0 Å². The van der Waals surface area contributed by atoms with Crippen molar-refractivity contribution in [1.29, 1.82) is 5.26 Å². The molecule has 1 aromatic heterocycles. The Kier molecular flexibility index (Phi) is 4.49. The Morgan fingerprint density at radius 1 is 1.20 bits per heavy atom. The van der Waals surface area contributed by atoms with Crippen LogP contribution in [0.15, 0.2) is 36.4 Å². The van der Waals surface area contributed by atoms with Gasteiger partial charge in [-0.25, -0.2) is 13.8 Å². The van der Waals surface area contributed by atoms with E-state index in [2.05, 4.69) is 10.3 Å². The Hall–Kier alpha value is -2.19. The van der Waals surface area contributed by atoms with Gasteiger partial charge in [0.25, 0.3) is 6.43 Å². The van der Waals surface area contributed by atoms with Gasteiger partial charge in [0.15, 0.2) is 5.69 Å². The third-order valence-electron chi connectivity index (χ3n) is 2.66. The van der Waals surface area contributed by atoms with Crippen molar-refractivity contribution in [3.05, 3.63) is 58.2 Å². The van der Waals surface area contributed by atoms with Crippen LogP contribution in [0.4, 0.5) is 14.6 Å². The third kappa shape index (κ3) is 3.43. The van der Waals surface area contributed by atoms with Crippen molar-refractivity contribution in [3.63, 3.8) is 0 Å². The Labute approximate surface area is 119 Å². The first-order valence-corrected chi connectivity index (χ1v) is 6.15. The first kappa shape index (κ1) is 14.2. The summed E-state index contributed by atoms with van der Waals surface area (Å²) in [6.07, 6.45) is -2.46. The van der Waals surface area contributed by atoms with Gasteiger partial charge in [0.2, 0.25) is 0 Å². The van der Waals surface area contributed by atoms with Crippen LogP contribution in [0.1, 0.15) is 23.2 Å². The molecule has 3 nitrogen and oxygen atoms in total. The summed E-state index contributed by atoms with van der Waals surface area (Å²) in [5.41, 5.74) is 0.972. The summed E-state index contributed by atoms with van der Waals surface area (Å²) in [6.45, 7) is 0.420. The first-order chi connectivity index (χ1) is 9.60. The first-order valence-electron chi connectivity index (χ1n) is 5.77. The van der Waals surface area contributed by atoms with Crippen LogP contribution in [0.2, 0.25) is 5.02 Å². The van der Waals surface area contributed by atoms with E-state index in [0.29, 0.717) is 17.4 Å². The number of hydrogen-bond acceptors (Lipinski definition) is 3. The largest absolute Gasteiger partial charge is 0.366 e. The lowest BCUT2D eigenvalue weighted by molar-refractivity contribution is 0.151. The fourth-order valence-electron chi connectivity index (χ4n) is 1.59. The predicted octanol–water partition coefficient (Wildman–Crippen LogP) is 4.16. The molecule has 0 aliphatic rings. The number of hydrogen-bond donors (Lipinski definition) is 1. The van der Waals surface area contributed by atoms with Gasteiger partial charge in [0.1, 0.15) is 11.9 Å². The highest BCUT2D eigenvalue weighted by Crippen LogP contribution is 2.19. The molecule has 0 radical (unpaired) electrons. The minimum Gasteiger partial charge on any atom is -0.366 e. The Morgan fingerprint density at radius 3 is 2.50 bits per heavy atom. The fourth-order valence-corrected chi connectivity index (χ4v) is 1.74. The van der Waals surface area contributed by atoms with E-state index in [1.807, 2.05) is 6.07 Å². The van der Waals surface area contributed by atoms with Gasteiger partial charge in [-0.2, -0.15) is 5.26 Å². The van der Waals surface area contributed by atoms with Crippen LogP contribution in [-0.2, 0) is 6.54 Å². The Balaban J connectivity index is 2.03. The molecule has 0 aliphatic carbocycles. The normalized spacial score (nSPS) is 10.3. The number of nitriles is 1. The Morgan fingerprint density at radius 2 is 1.90 bits per heavy atom. The molecule has 0 aliphatic heterocycles. The topological polar surface area (TPSA) is 48.7 Å². The second kappa shape index (κ2) is 6.31. The number of aromatic nitrogens is 1. The highest BCUT2D eigenvalue weighted by atomic mass is 35.5. The number of halogens is 3. The summed E-state index contributed by atoms with van der Waals surface area (Å²) in [7, 11) is 0. The van der Waals surface area contributed by atoms with Crippen molar-refractivity contribution in [2.24, 2.45) is 0 Å². The quantitative estimate of drug-likeness (QED) is 0.921. The van der Waals surface area contributed by atoms with Crippen molar-refractivity contribution in [2.75, 3.05) is 5.32 Å². The van der Waals surface area contributed by atoms with E-state index in [1.165, 1.54) is 12.1 Å². The van der Waals surface area contributed by atoms with Crippen LogP contribution in [-0.4, -0.2) is 4.98 Å². The molecule has 20 heavy (non-hydrogen) atoms. The molecule has 0 saturated carbocycles. The molecule has 0 amide bonds. The predicted molar refractivity (Wildman–Crippen MR) is 72.7 cm³/mol. The molecule has 1 N–H and O–H groups in total. The number of anilines is 1. The molecular weight excluding hydrogens is 284 g/mol. The lowest BCUT2D eigenvalue weighted by atomic mass is 10.1. The zero-order chi connectivity index (χ0) is 14.5. The highest BCUT2D eigenvalue weighted by molar-refractivity contribution is 6.31. The van der Waals surface area contributed by atoms with Crippen molar-refractivity contribution < 1.29 is 8.78 Å². The van der Waals surface area contributed by atoms with Crippen LogP contribution in [0, 0.1) is 11.3 Å². The second-order valence-corrected chi connectivity index (χ2v) is 4.44. The number of nitrogens with zero attached hydrogens (tertiary/aromatic N) is 2. The van der Waals surface area contributed by atoms with Crippen LogP contribution >= 0.6 is 11.6 Å². The number of rotatable bonds is 4. The van der Waals surface area contributed by atoms with Crippen LogP contribution in [0.5, 0.6) is 0 Å². The molecule has 1 aromatic carbocycles. The average Bonchev–Trinajstić information content (AvgIpc) is 2.46. The molecule has 0 spiro atoms. The third-order valence-corrected chi connectivity index (χ3v) is 2.96. The summed E-state index contributed by atoms with van der Waals surface area (Å²) in [5.74, 6) is 0.504. The van der Waals surface area contributed by atoms with Gasteiger partial charge >= 0.3 is 0 Å². The standard InChI is InChI=1S/C14H10ClF2N3/c15-11-5-6-13(20-12(11)7-18)19-8-9-1-3-10(4-2-9)14(16)17/h1-6,14H,8H2,(H,19,20). The van der Waals surface area contributed by atoms with Gasteiger partial charge < -0.3 is 5.32 Å². The fraction of sp³-hybridized carbons (Fsp3) is 0.143. The summed E-state index contributed by atoms with van der Waals surface area (Å²) in [5, 5.41) is 12.1. The maximum Gasteiger partial charge on any atom is 0.263 e. The molecule has 2 aromatic rings. The van der Waals surface area contributed by atoms with E-state index >= 15 is 0 Å². The molecule has 0 saturated heterocycles. The molecule has 6 heteroatoms. The average molecular weight is 294 g/mol. The minimum atomic E-state index is -2.46. The lowest BCUT2D eigenvalue weighted by Crippen LogP contribution is -2.02. The van der Waals surface area contributed by atoms with Crippen molar-refractivity contribution in [1.82, 2.24) is 4.98 Å². The Bertz CT molecular complexity index is 636. The van der Waals surface area contributed by atoms with E-state index < -0.39 is 6.43 Å². The van der Waals surface area contributed by atoms with E-state index in [4.69, 9.17) is 16.9 Å². The molecule has 0 unspecified atom stereocenters. The molecule has 1 heterocycles. The van der Waals surface area contributed by atoms with Crippen LogP contribution in [0.3, 0.4) is 0 Å². The molecule has 102 valence electrons. The van der Waals surface area contributed by atoms with Gasteiger partial charge in [-0.05, 0) is 17.7 Å². The van der Waals surface area contributed by atoms with Gasteiger partial charge in [-0.3, -0.25) is 0 Å². The summed E-state index contributed by atoms with van der Waals surface area (Å²) in [6, 6.07) is 11.1. The van der Waals surface area contributed by atoms with Crippen molar-refractivity contribution >= 4 is 17.4 Å². The molecule has 2 rings (SSSR count). The van der Waals surface area contributed by atoms with Gasteiger partial charge in [0, 0.05) is 12.1 Å². The maximum absolute atomic E-state index is 12.4. The van der Waals surface area contributed by atoms with Crippen LogP contribution < -0.4 is 5.32 Å². The number of benzene rings is 1. The van der Waals surface area contributed by atoms with E-state index in [-0.39, 0.29) is 11.3 Å². The van der Waals surface area contributed by atoms with E-state index in [0.717, 1.165) is 5.56 Å². The summed E-state index contributed by atoms with van der Waals surface area (Å²) in [4.78, 5) is 4.03. The molecule has 0 bridgehead atoms. The van der Waals surface area contributed by atoms with Gasteiger partial charge in [-0.1, -0.05) is 35.9 Å². The molecule has 0 atom stereocenters. The van der Waals surface area contributed by atoms with Crippen molar-refractivity contribution in [2.45, 2.75) is 13.0 Å².